The summed E-state index contributed by atoms with van der Waals surface area (Å²) >= 11 is 0. The summed E-state index contributed by atoms with van der Waals surface area (Å²) in [5, 5.41) is 0.545. The predicted octanol–water partition coefficient (Wildman–Crippen LogP) is 1.43. The number of hydrogen-bond donors (Lipinski definition) is 1. The molecule has 0 aliphatic carbocycles. The van der Waals surface area contributed by atoms with E-state index in [-0.39, 0.29) is 5.56 Å². The fourth-order valence-corrected chi connectivity index (χ4v) is 1.80. The van der Waals surface area contributed by atoms with Gasteiger partial charge in [-0.1, -0.05) is 12.1 Å². The smallest absolute Gasteiger partial charge is 0.265 e. The van der Waals surface area contributed by atoms with E-state index in [1.165, 1.54) is 4.40 Å². The number of nitrogen functional groups attached to an aromatic ring is 1. The lowest BCUT2D eigenvalue weighted by molar-refractivity contribution is 1.08. The van der Waals surface area contributed by atoms with Crippen LogP contribution >= 0.6 is 0 Å². The molecule has 0 fully saturated rings. The van der Waals surface area contributed by atoms with Crippen LogP contribution < -0.4 is 11.3 Å². The van der Waals surface area contributed by atoms with E-state index in [9.17, 15) is 4.79 Å². The lowest BCUT2D eigenvalue weighted by Crippen LogP contribution is -2.15. The molecule has 2 N–H and O–H groups in total. The van der Waals surface area contributed by atoms with Gasteiger partial charge in [0.2, 0.25) is 0 Å². The number of anilines is 1. The molecule has 0 atom stereocenters. The topological polar surface area (TPSA) is 60.4 Å². The molecule has 16 heavy (non-hydrogen) atoms. The zero-order valence-corrected chi connectivity index (χ0v) is 8.42. The molecule has 0 spiro atoms. The van der Waals surface area contributed by atoms with Crippen LogP contribution in [0.2, 0.25) is 0 Å². The second-order valence-electron chi connectivity index (χ2n) is 3.59. The molecular weight excluding hydrogens is 202 g/mol. The lowest BCUT2D eigenvalue weighted by atomic mass is 10.2. The molecule has 3 aromatic rings. The third-order valence-corrected chi connectivity index (χ3v) is 2.58. The first-order valence-corrected chi connectivity index (χ1v) is 4.93. The molecule has 3 rings (SSSR count). The molecule has 0 amide bonds. The minimum Gasteiger partial charge on any atom is -0.397 e. The monoisotopic (exact) mass is 211 g/mol. The van der Waals surface area contributed by atoms with Crippen molar-refractivity contribution in [3.8, 4) is 0 Å². The van der Waals surface area contributed by atoms with Crippen molar-refractivity contribution >= 4 is 22.2 Å². The molecule has 2 heterocycles. The Balaban J connectivity index is 2.67. The number of benzene rings is 1. The van der Waals surface area contributed by atoms with Gasteiger partial charge in [-0.2, -0.15) is 0 Å². The summed E-state index contributed by atoms with van der Waals surface area (Å²) in [5.74, 6) is 0. The number of pyridine rings is 1. The molecule has 0 aliphatic heterocycles. The number of para-hydroxylation sites is 1. The summed E-state index contributed by atoms with van der Waals surface area (Å²) in [7, 11) is 0. The van der Waals surface area contributed by atoms with Crippen molar-refractivity contribution in [3.05, 3.63) is 52.9 Å². The lowest BCUT2D eigenvalue weighted by Gasteiger charge is -2.04. The van der Waals surface area contributed by atoms with Crippen LogP contribution in [-0.4, -0.2) is 9.38 Å². The van der Waals surface area contributed by atoms with Gasteiger partial charge in [0.15, 0.2) is 0 Å². The first kappa shape index (κ1) is 8.91. The molecule has 1 aromatic carbocycles. The van der Waals surface area contributed by atoms with E-state index in [0.717, 1.165) is 0 Å². The molecule has 0 saturated carbocycles. The summed E-state index contributed by atoms with van der Waals surface area (Å²) in [4.78, 5) is 16.5. The van der Waals surface area contributed by atoms with Crippen LogP contribution in [0.15, 0.2) is 47.4 Å². The van der Waals surface area contributed by atoms with Crippen LogP contribution in [0.4, 0.5) is 5.69 Å². The van der Waals surface area contributed by atoms with Crippen LogP contribution in [0.1, 0.15) is 0 Å². The van der Waals surface area contributed by atoms with Crippen molar-refractivity contribution in [1.29, 1.82) is 0 Å². The van der Waals surface area contributed by atoms with Gasteiger partial charge in [-0.3, -0.25) is 9.20 Å². The zero-order chi connectivity index (χ0) is 11.1. The van der Waals surface area contributed by atoms with Crippen LogP contribution in [0.5, 0.6) is 0 Å². The quantitative estimate of drug-likeness (QED) is 0.452. The highest BCUT2D eigenvalue weighted by molar-refractivity contribution is 5.89. The number of aromatic nitrogens is 2. The SMILES string of the molecule is Nc1cccc2c(=O)n3ccccc3nc12. The van der Waals surface area contributed by atoms with Crippen molar-refractivity contribution in [1.82, 2.24) is 9.38 Å². The van der Waals surface area contributed by atoms with Crippen molar-refractivity contribution in [2.45, 2.75) is 0 Å². The fraction of sp³-hybridized carbons (Fsp3) is 0. The van der Waals surface area contributed by atoms with Crippen molar-refractivity contribution < 1.29 is 0 Å². The molecule has 4 nitrogen and oxygen atoms in total. The Labute approximate surface area is 91.0 Å². The molecule has 78 valence electrons. The van der Waals surface area contributed by atoms with E-state index in [4.69, 9.17) is 5.73 Å². The summed E-state index contributed by atoms with van der Waals surface area (Å²) in [6, 6.07) is 10.7. The average molecular weight is 211 g/mol. The number of fused-ring (bicyclic) bond motifs is 2. The maximum atomic E-state index is 12.1. The summed E-state index contributed by atoms with van der Waals surface area (Å²) in [6.07, 6.45) is 1.70. The molecule has 0 aliphatic rings. The summed E-state index contributed by atoms with van der Waals surface area (Å²) in [6.45, 7) is 0. The number of nitrogens with zero attached hydrogens (tertiary/aromatic N) is 2. The second kappa shape index (κ2) is 3.06. The average Bonchev–Trinajstić information content (AvgIpc) is 2.31. The minimum atomic E-state index is -0.0899. The number of hydrogen-bond acceptors (Lipinski definition) is 3. The van der Waals surface area contributed by atoms with E-state index in [0.29, 0.717) is 22.2 Å². The normalized spacial score (nSPS) is 11.0. The van der Waals surface area contributed by atoms with E-state index < -0.39 is 0 Å². The van der Waals surface area contributed by atoms with Gasteiger partial charge in [0.25, 0.3) is 5.56 Å². The largest absolute Gasteiger partial charge is 0.397 e. The van der Waals surface area contributed by atoms with E-state index >= 15 is 0 Å². The molecule has 0 radical (unpaired) electrons. The van der Waals surface area contributed by atoms with Crippen LogP contribution in [0.25, 0.3) is 16.6 Å². The highest BCUT2D eigenvalue weighted by Gasteiger charge is 2.06. The van der Waals surface area contributed by atoms with E-state index in [1.54, 1.807) is 36.5 Å². The summed E-state index contributed by atoms with van der Waals surface area (Å²) in [5.41, 5.74) is 7.42. The van der Waals surface area contributed by atoms with Gasteiger partial charge in [-0.05, 0) is 24.3 Å². The van der Waals surface area contributed by atoms with Crippen LogP contribution in [0, 0.1) is 0 Å². The van der Waals surface area contributed by atoms with Gasteiger partial charge in [0, 0.05) is 6.20 Å². The van der Waals surface area contributed by atoms with E-state index in [2.05, 4.69) is 4.98 Å². The second-order valence-corrected chi connectivity index (χ2v) is 3.59. The third-order valence-electron chi connectivity index (χ3n) is 2.58. The number of rotatable bonds is 0. The third kappa shape index (κ3) is 1.10. The zero-order valence-electron chi connectivity index (χ0n) is 8.42. The van der Waals surface area contributed by atoms with Crippen LogP contribution in [-0.2, 0) is 0 Å². The molecular formula is C12H9N3O. The highest BCUT2D eigenvalue weighted by Crippen LogP contribution is 2.15. The number of nitrogens with two attached hydrogens (primary N) is 1. The Bertz CT molecular complexity index is 746. The minimum absolute atomic E-state index is 0.0899. The Kier molecular flexibility index (Phi) is 1.71. The molecule has 2 aromatic heterocycles. The van der Waals surface area contributed by atoms with Gasteiger partial charge >= 0.3 is 0 Å². The first-order valence-electron chi connectivity index (χ1n) is 4.93. The van der Waals surface area contributed by atoms with Crippen molar-refractivity contribution in [2.75, 3.05) is 5.73 Å². The van der Waals surface area contributed by atoms with Gasteiger partial charge in [0.1, 0.15) is 11.2 Å². The van der Waals surface area contributed by atoms with Crippen molar-refractivity contribution in [2.24, 2.45) is 0 Å². The van der Waals surface area contributed by atoms with Gasteiger partial charge < -0.3 is 5.73 Å². The Hall–Kier alpha value is -2.36. The Morgan fingerprint density at radius 2 is 2.00 bits per heavy atom. The molecule has 0 bridgehead atoms. The van der Waals surface area contributed by atoms with Crippen molar-refractivity contribution in [3.63, 3.8) is 0 Å². The summed E-state index contributed by atoms with van der Waals surface area (Å²) < 4.78 is 1.52. The first-order chi connectivity index (χ1) is 7.77. The van der Waals surface area contributed by atoms with Gasteiger partial charge in [-0.25, -0.2) is 4.98 Å². The Morgan fingerprint density at radius 1 is 1.12 bits per heavy atom. The highest BCUT2D eigenvalue weighted by atomic mass is 16.1. The van der Waals surface area contributed by atoms with Gasteiger partial charge in [-0.15, -0.1) is 0 Å². The fourth-order valence-electron chi connectivity index (χ4n) is 1.80. The molecule has 0 unspecified atom stereocenters. The molecule has 4 heteroatoms. The van der Waals surface area contributed by atoms with E-state index in [1.807, 2.05) is 6.07 Å². The maximum Gasteiger partial charge on any atom is 0.265 e. The van der Waals surface area contributed by atoms with Gasteiger partial charge in [0.05, 0.1) is 11.1 Å². The predicted molar refractivity (Wildman–Crippen MR) is 63.4 cm³/mol. The molecule has 0 saturated heterocycles. The Morgan fingerprint density at radius 3 is 2.88 bits per heavy atom. The van der Waals surface area contributed by atoms with Crippen LogP contribution in [0.3, 0.4) is 0 Å². The standard InChI is InChI=1S/C12H9N3O/c13-9-5-3-4-8-11(9)14-10-6-1-2-7-15(10)12(8)16/h1-7H,13H2. The maximum absolute atomic E-state index is 12.1.